The van der Waals surface area contributed by atoms with Gasteiger partial charge in [-0.05, 0) is 0 Å². The van der Waals surface area contributed by atoms with Gasteiger partial charge in [-0.1, -0.05) is 0 Å². The fourth-order valence-corrected chi connectivity index (χ4v) is 9.16. The van der Waals surface area contributed by atoms with E-state index in [1.807, 2.05) is 0 Å². The monoisotopic (exact) mass is 508 g/mol. The molecule has 0 saturated heterocycles. The third-order valence-corrected chi connectivity index (χ3v) is 12.1. The zero-order valence-corrected chi connectivity index (χ0v) is 21.6. The second-order valence-corrected chi connectivity index (χ2v) is 24.0. The normalized spacial score (nSPS) is 11.9. The minimum atomic E-state index is -2.39. The minimum absolute atomic E-state index is 1.30. The van der Waals surface area contributed by atoms with E-state index >= 15 is 0 Å². The summed E-state index contributed by atoms with van der Waals surface area (Å²) in [6.45, 7) is 2.26. The van der Waals surface area contributed by atoms with E-state index in [1.54, 1.807) is 3.58 Å². The first-order chi connectivity index (χ1) is 14.9. The molecule has 5 aromatic rings. The van der Waals surface area contributed by atoms with Crippen LogP contribution in [0.3, 0.4) is 0 Å². The number of aryl methyl sites for hydroxylation is 1. The second-order valence-electron chi connectivity index (χ2n) is 9.59. The summed E-state index contributed by atoms with van der Waals surface area (Å²) in [5, 5.41) is 5.22. The summed E-state index contributed by atoms with van der Waals surface area (Å²) in [7, 11) is 0. The topological polar surface area (TPSA) is 0 Å². The zero-order chi connectivity index (χ0) is 21.6. The first-order valence-corrected chi connectivity index (χ1v) is 21.0. The van der Waals surface area contributed by atoms with Gasteiger partial charge < -0.3 is 0 Å². The Morgan fingerprint density at radius 1 is 0.484 bits per heavy atom. The van der Waals surface area contributed by atoms with Crippen LogP contribution in [0.25, 0.3) is 43.8 Å². The van der Waals surface area contributed by atoms with Gasteiger partial charge in [-0.25, -0.2) is 0 Å². The van der Waals surface area contributed by atoms with E-state index in [0.717, 1.165) is 0 Å². The van der Waals surface area contributed by atoms with Crippen LogP contribution in [0.1, 0.15) is 5.56 Å². The Bertz CT molecular complexity index is 1420. The molecule has 0 aliphatic carbocycles. The molecule has 0 atom stereocenters. The molecule has 0 aromatic heterocycles. The molecular weight excluding hydrogens is 479 g/mol. The van der Waals surface area contributed by atoms with Crippen molar-refractivity contribution in [1.29, 1.82) is 0 Å². The summed E-state index contributed by atoms with van der Waals surface area (Å²) in [5.41, 5.74) is 6.80. The standard InChI is InChI=1S/C27H19.3CH3.Sn/c1-19-16-24(25-12-10-20-6-2-4-8-22(20)17-25)14-15-27(19)26-13-11-21-7-3-5-9-23(21)18-26;;;;/h2-13,15-18H,1H3;3*1H3;. The van der Waals surface area contributed by atoms with Gasteiger partial charge in [-0.3, -0.25) is 0 Å². The van der Waals surface area contributed by atoms with E-state index in [9.17, 15) is 0 Å². The number of hydrogen-bond acceptors (Lipinski definition) is 0. The summed E-state index contributed by atoms with van der Waals surface area (Å²) < 4.78 is 1.60. The Hall–Kier alpha value is -2.58. The molecule has 0 saturated carbocycles. The maximum absolute atomic E-state index is 2.52. The van der Waals surface area contributed by atoms with Crippen molar-refractivity contribution in [2.24, 2.45) is 0 Å². The van der Waals surface area contributed by atoms with E-state index in [1.165, 1.54) is 49.4 Å². The van der Waals surface area contributed by atoms with Crippen LogP contribution >= 0.6 is 0 Å². The van der Waals surface area contributed by atoms with Gasteiger partial charge in [0.1, 0.15) is 0 Å². The Labute approximate surface area is 189 Å². The van der Waals surface area contributed by atoms with Gasteiger partial charge in [-0.2, -0.15) is 0 Å². The number of benzene rings is 5. The summed E-state index contributed by atoms with van der Waals surface area (Å²) >= 11 is -2.39. The molecule has 0 bridgehead atoms. The molecule has 0 fully saturated rings. The van der Waals surface area contributed by atoms with Crippen molar-refractivity contribution in [2.45, 2.75) is 21.7 Å². The molecule has 0 unspecified atom stereocenters. The second kappa shape index (κ2) is 7.84. The predicted molar refractivity (Wildman–Crippen MR) is 140 cm³/mol. The van der Waals surface area contributed by atoms with Crippen LogP contribution in [-0.2, 0) is 0 Å². The van der Waals surface area contributed by atoms with Crippen molar-refractivity contribution >= 4 is 43.5 Å². The van der Waals surface area contributed by atoms with Crippen molar-refractivity contribution in [2.75, 3.05) is 0 Å². The third kappa shape index (κ3) is 3.90. The van der Waals surface area contributed by atoms with Crippen LogP contribution in [0.5, 0.6) is 0 Å². The van der Waals surface area contributed by atoms with Crippen molar-refractivity contribution in [3.05, 3.63) is 103 Å². The van der Waals surface area contributed by atoms with Crippen LogP contribution in [0.2, 0.25) is 14.8 Å². The van der Waals surface area contributed by atoms with E-state index in [0.29, 0.717) is 0 Å². The molecule has 1 heteroatoms. The molecule has 31 heavy (non-hydrogen) atoms. The van der Waals surface area contributed by atoms with Crippen molar-refractivity contribution in [1.82, 2.24) is 0 Å². The fraction of sp³-hybridized carbons (Fsp3) is 0.133. The summed E-state index contributed by atoms with van der Waals surface area (Å²) in [6.07, 6.45) is 0. The average molecular weight is 507 g/mol. The third-order valence-electron chi connectivity index (χ3n) is 6.29. The zero-order valence-electron chi connectivity index (χ0n) is 18.7. The number of fused-ring (bicyclic) bond motifs is 2. The van der Waals surface area contributed by atoms with Gasteiger partial charge in [-0.15, -0.1) is 0 Å². The van der Waals surface area contributed by atoms with E-state index < -0.39 is 18.4 Å². The molecule has 152 valence electrons. The van der Waals surface area contributed by atoms with E-state index in [2.05, 4.69) is 119 Å². The molecule has 0 nitrogen and oxygen atoms in total. The SMILES string of the molecule is Cc1cc(-c2ccc3ccccc3c2)[c]([Sn]([CH3])([CH3])[CH3])cc1-c1ccc2ccccc2c1. The molecule has 0 aliphatic heterocycles. The predicted octanol–water partition coefficient (Wildman–Crippen LogP) is 8.18. The van der Waals surface area contributed by atoms with Crippen LogP contribution in [0, 0.1) is 6.92 Å². The van der Waals surface area contributed by atoms with Crippen molar-refractivity contribution in [3.63, 3.8) is 0 Å². The molecule has 0 aliphatic rings. The van der Waals surface area contributed by atoms with Gasteiger partial charge in [0.05, 0.1) is 0 Å². The molecule has 0 radical (unpaired) electrons. The molecule has 0 amide bonds. The molecule has 5 aromatic carbocycles. The Balaban J connectivity index is 1.71. The van der Waals surface area contributed by atoms with Crippen LogP contribution in [0.15, 0.2) is 97.1 Å². The number of hydrogen-bond donors (Lipinski definition) is 0. The first-order valence-electron chi connectivity index (χ1n) is 11.0. The molecule has 0 N–H and O–H groups in total. The molecule has 0 heterocycles. The Morgan fingerprint density at radius 3 is 1.48 bits per heavy atom. The van der Waals surface area contributed by atoms with E-state index in [4.69, 9.17) is 0 Å². The molecule has 5 rings (SSSR count). The fourth-order valence-electron chi connectivity index (χ4n) is 4.59. The maximum atomic E-state index is 2.52. The van der Waals surface area contributed by atoms with Gasteiger partial charge in [0.25, 0.3) is 0 Å². The average Bonchev–Trinajstić information content (AvgIpc) is 2.77. The van der Waals surface area contributed by atoms with Crippen LogP contribution < -0.4 is 3.58 Å². The van der Waals surface area contributed by atoms with Crippen molar-refractivity contribution in [3.8, 4) is 22.3 Å². The quantitative estimate of drug-likeness (QED) is 0.216. The summed E-state index contributed by atoms with van der Waals surface area (Å²) in [6, 6.07) is 36.0. The van der Waals surface area contributed by atoms with Gasteiger partial charge in [0, 0.05) is 0 Å². The molecular formula is C30H28Sn. The van der Waals surface area contributed by atoms with Gasteiger partial charge in [0.15, 0.2) is 0 Å². The van der Waals surface area contributed by atoms with Gasteiger partial charge >= 0.3 is 190 Å². The number of rotatable bonds is 3. The van der Waals surface area contributed by atoms with Crippen LogP contribution in [0.4, 0.5) is 0 Å². The first kappa shape index (κ1) is 20.3. The Morgan fingerprint density at radius 2 is 0.968 bits per heavy atom. The van der Waals surface area contributed by atoms with E-state index in [-0.39, 0.29) is 0 Å². The molecule has 0 spiro atoms. The summed E-state index contributed by atoms with van der Waals surface area (Å²) in [5.74, 6) is 0. The van der Waals surface area contributed by atoms with Gasteiger partial charge in [0.2, 0.25) is 0 Å². The summed E-state index contributed by atoms with van der Waals surface area (Å²) in [4.78, 5) is 7.57. The van der Waals surface area contributed by atoms with Crippen molar-refractivity contribution < 1.29 is 0 Å². The Kier molecular flexibility index (Phi) is 5.14. The van der Waals surface area contributed by atoms with Crippen LogP contribution in [-0.4, -0.2) is 18.4 Å².